The topological polar surface area (TPSA) is 49.3 Å². The Morgan fingerprint density at radius 1 is 1.42 bits per heavy atom. The first-order valence-corrected chi connectivity index (χ1v) is 10.3. The van der Waals surface area contributed by atoms with Crippen molar-refractivity contribution in [1.29, 1.82) is 0 Å². The van der Waals surface area contributed by atoms with Crippen LogP contribution in [0.25, 0.3) is 0 Å². The first kappa shape index (κ1) is 19.5. The number of hydrogen-bond donors (Lipinski definition) is 0. The molecule has 1 aromatic rings. The van der Waals surface area contributed by atoms with Gasteiger partial charge in [-0.25, -0.2) is 9.97 Å². The molecular weight excluding hydrogens is 388 g/mol. The fourth-order valence-electron chi connectivity index (χ4n) is 3.03. The summed E-state index contributed by atoms with van der Waals surface area (Å²) in [6.45, 7) is 8.70. The van der Waals surface area contributed by atoms with Gasteiger partial charge in [-0.15, -0.1) is 0 Å². The van der Waals surface area contributed by atoms with E-state index >= 15 is 0 Å². The quantitative estimate of drug-likeness (QED) is 0.555. The summed E-state index contributed by atoms with van der Waals surface area (Å²) in [7, 11) is 1.92. The van der Waals surface area contributed by atoms with Crippen molar-refractivity contribution in [2.75, 3.05) is 37.8 Å². The number of nitrogens with zero attached hydrogens (tertiary/aromatic N) is 4. The average Bonchev–Trinajstić information content (AvgIpc) is 2.54. The van der Waals surface area contributed by atoms with Crippen LogP contribution < -0.4 is 4.90 Å². The Morgan fingerprint density at radius 2 is 2.04 bits per heavy atom. The molecule has 0 aromatic carbocycles. The van der Waals surface area contributed by atoms with Crippen LogP contribution in [0.1, 0.15) is 33.6 Å². The minimum atomic E-state index is -0.310. The molecule has 0 atom stereocenters. The molecule has 2 heterocycles. The van der Waals surface area contributed by atoms with Gasteiger partial charge in [0.2, 0.25) is 5.91 Å². The molecule has 5 nitrogen and oxygen atoms in total. The van der Waals surface area contributed by atoms with E-state index in [1.54, 1.807) is 11.8 Å². The van der Waals surface area contributed by atoms with Crippen molar-refractivity contribution in [2.45, 2.75) is 38.8 Å². The van der Waals surface area contributed by atoms with E-state index in [9.17, 15) is 4.79 Å². The Kier molecular flexibility index (Phi) is 6.53. The molecule has 0 unspecified atom stereocenters. The molecule has 1 amide bonds. The highest BCUT2D eigenvalue weighted by Gasteiger charge is 2.28. The van der Waals surface area contributed by atoms with Gasteiger partial charge in [-0.1, -0.05) is 32.5 Å². The van der Waals surface area contributed by atoms with Gasteiger partial charge in [0, 0.05) is 38.3 Å². The van der Waals surface area contributed by atoms with Crippen molar-refractivity contribution >= 4 is 39.4 Å². The van der Waals surface area contributed by atoms with Crippen LogP contribution in [-0.2, 0) is 4.79 Å². The molecule has 24 heavy (non-hydrogen) atoms. The lowest BCUT2D eigenvalue weighted by molar-refractivity contribution is -0.138. The van der Waals surface area contributed by atoms with Crippen molar-refractivity contribution in [3.05, 3.63) is 10.7 Å². The molecule has 0 bridgehead atoms. The van der Waals surface area contributed by atoms with Crippen molar-refractivity contribution in [3.63, 3.8) is 0 Å². The highest BCUT2D eigenvalue weighted by molar-refractivity contribution is 9.10. The third-order valence-electron chi connectivity index (χ3n) is 4.32. The van der Waals surface area contributed by atoms with Crippen LogP contribution in [0.5, 0.6) is 0 Å². The van der Waals surface area contributed by atoms with Gasteiger partial charge in [-0.05, 0) is 40.9 Å². The van der Waals surface area contributed by atoms with Gasteiger partial charge in [0.05, 0.1) is 4.47 Å². The summed E-state index contributed by atoms with van der Waals surface area (Å²) in [5.41, 5.74) is -0.310. The molecule has 1 aliphatic rings. The molecule has 7 heteroatoms. The van der Waals surface area contributed by atoms with Crippen molar-refractivity contribution in [1.82, 2.24) is 14.9 Å². The standard InChI is InChI=1S/C17H27BrN4OS/c1-17(2,3)15(23)21(4)11-12-6-8-22(9-7-12)14-13(18)10-19-16(20-14)24-5/h10,12H,6-9,11H2,1-5H3. The number of anilines is 1. The summed E-state index contributed by atoms with van der Waals surface area (Å²) in [5, 5.41) is 0.797. The lowest BCUT2D eigenvalue weighted by Gasteiger charge is -2.36. The number of halogens is 1. The predicted octanol–water partition coefficient (Wildman–Crippen LogP) is 3.68. The van der Waals surface area contributed by atoms with E-state index in [0.29, 0.717) is 5.92 Å². The number of rotatable bonds is 4. The number of amides is 1. The zero-order chi connectivity index (χ0) is 17.9. The number of piperidine rings is 1. The second kappa shape index (κ2) is 8.04. The van der Waals surface area contributed by atoms with E-state index < -0.39 is 0 Å². The lowest BCUT2D eigenvalue weighted by atomic mass is 9.92. The summed E-state index contributed by atoms with van der Waals surface area (Å²) >= 11 is 5.12. The third-order valence-corrected chi connectivity index (χ3v) is 5.44. The first-order chi connectivity index (χ1) is 11.2. The van der Waals surface area contributed by atoms with Crippen LogP contribution in [0, 0.1) is 11.3 Å². The van der Waals surface area contributed by atoms with Crippen molar-refractivity contribution in [2.24, 2.45) is 11.3 Å². The molecule has 0 aliphatic carbocycles. The Labute approximate surface area is 157 Å². The highest BCUT2D eigenvalue weighted by atomic mass is 79.9. The molecule has 0 saturated carbocycles. The van der Waals surface area contributed by atoms with Gasteiger partial charge in [-0.3, -0.25) is 4.79 Å². The molecule has 1 saturated heterocycles. The third kappa shape index (κ3) is 4.85. The first-order valence-electron chi connectivity index (χ1n) is 8.29. The zero-order valence-electron chi connectivity index (χ0n) is 15.2. The van der Waals surface area contributed by atoms with Gasteiger partial charge < -0.3 is 9.80 Å². The van der Waals surface area contributed by atoms with E-state index in [0.717, 1.165) is 47.9 Å². The van der Waals surface area contributed by atoms with E-state index in [4.69, 9.17) is 0 Å². The fraction of sp³-hybridized carbons (Fsp3) is 0.706. The Hall–Kier alpha value is -0.820. The maximum atomic E-state index is 12.3. The predicted molar refractivity (Wildman–Crippen MR) is 104 cm³/mol. The maximum absolute atomic E-state index is 12.3. The smallest absolute Gasteiger partial charge is 0.227 e. The Balaban J connectivity index is 1.93. The maximum Gasteiger partial charge on any atom is 0.227 e. The van der Waals surface area contributed by atoms with Crippen molar-refractivity contribution < 1.29 is 4.79 Å². The molecule has 1 aromatic heterocycles. The van der Waals surface area contributed by atoms with Gasteiger partial charge >= 0.3 is 0 Å². The lowest BCUT2D eigenvalue weighted by Crippen LogP contribution is -2.43. The summed E-state index contributed by atoms with van der Waals surface area (Å²) in [6.07, 6.45) is 5.97. The normalized spacial score (nSPS) is 16.3. The second-order valence-corrected chi connectivity index (χ2v) is 9.02. The number of hydrogen-bond acceptors (Lipinski definition) is 5. The molecule has 0 spiro atoms. The number of carbonyl (C=O) groups is 1. The largest absolute Gasteiger partial charge is 0.356 e. The van der Waals surface area contributed by atoms with Crippen LogP contribution in [-0.4, -0.2) is 53.7 Å². The van der Waals surface area contributed by atoms with Crippen LogP contribution in [0.2, 0.25) is 0 Å². The Bertz CT molecular complexity index is 582. The number of carbonyl (C=O) groups excluding carboxylic acids is 1. The molecular formula is C17H27BrN4OS. The summed E-state index contributed by atoms with van der Waals surface area (Å²) in [5.74, 6) is 1.75. The van der Waals surface area contributed by atoms with Crippen LogP contribution in [0.15, 0.2) is 15.8 Å². The molecule has 2 rings (SSSR count). The molecule has 0 radical (unpaired) electrons. The van der Waals surface area contributed by atoms with E-state index in [-0.39, 0.29) is 11.3 Å². The average molecular weight is 415 g/mol. The minimum Gasteiger partial charge on any atom is -0.356 e. The van der Waals surface area contributed by atoms with Gasteiger partial charge in [-0.2, -0.15) is 0 Å². The second-order valence-electron chi connectivity index (χ2n) is 7.39. The molecule has 1 fully saturated rings. The van der Waals surface area contributed by atoms with Gasteiger partial charge in [0.25, 0.3) is 0 Å². The van der Waals surface area contributed by atoms with E-state index in [2.05, 4.69) is 30.8 Å². The van der Waals surface area contributed by atoms with Crippen LogP contribution >= 0.6 is 27.7 Å². The van der Waals surface area contributed by atoms with Gasteiger partial charge in [0.1, 0.15) is 5.82 Å². The number of thioether (sulfide) groups is 1. The summed E-state index contributed by atoms with van der Waals surface area (Å²) in [6, 6.07) is 0. The molecule has 1 aliphatic heterocycles. The fourth-order valence-corrected chi connectivity index (χ4v) is 3.81. The zero-order valence-corrected chi connectivity index (χ0v) is 17.6. The van der Waals surface area contributed by atoms with Gasteiger partial charge in [0.15, 0.2) is 5.16 Å². The SMILES string of the molecule is CSc1ncc(Br)c(N2CCC(CN(C)C(=O)C(C)(C)C)CC2)n1. The minimum absolute atomic E-state index is 0.216. The summed E-state index contributed by atoms with van der Waals surface area (Å²) < 4.78 is 0.943. The highest BCUT2D eigenvalue weighted by Crippen LogP contribution is 2.29. The van der Waals surface area contributed by atoms with Crippen LogP contribution in [0.3, 0.4) is 0 Å². The number of aromatic nitrogens is 2. The van der Waals surface area contributed by atoms with E-state index in [1.807, 2.05) is 45.2 Å². The Morgan fingerprint density at radius 3 is 2.58 bits per heavy atom. The summed E-state index contributed by atoms with van der Waals surface area (Å²) in [4.78, 5) is 25.4. The molecule has 134 valence electrons. The van der Waals surface area contributed by atoms with E-state index in [1.165, 1.54) is 0 Å². The van der Waals surface area contributed by atoms with Crippen molar-refractivity contribution in [3.8, 4) is 0 Å². The monoisotopic (exact) mass is 414 g/mol. The van der Waals surface area contributed by atoms with Crippen LogP contribution in [0.4, 0.5) is 5.82 Å². The molecule has 0 N–H and O–H groups in total.